The second-order valence-electron chi connectivity index (χ2n) is 9.27. The monoisotopic (exact) mass is 539 g/mol. The number of amides is 1. The third-order valence-electron chi connectivity index (χ3n) is 6.57. The molecule has 2 aromatic heterocycles. The summed E-state index contributed by atoms with van der Waals surface area (Å²) in [4.78, 5) is 29.1. The van der Waals surface area contributed by atoms with E-state index in [2.05, 4.69) is 10.2 Å². The normalized spacial score (nSPS) is 14.6. The Morgan fingerprint density at radius 1 is 0.949 bits per heavy atom. The van der Waals surface area contributed by atoms with Gasteiger partial charge in [-0.15, -0.1) is 10.2 Å². The summed E-state index contributed by atoms with van der Waals surface area (Å²) in [6.45, 7) is 6.40. The zero-order valence-corrected chi connectivity index (χ0v) is 22.5. The van der Waals surface area contributed by atoms with Gasteiger partial charge in [-0.1, -0.05) is 59.4 Å². The van der Waals surface area contributed by atoms with E-state index in [0.29, 0.717) is 51.4 Å². The average molecular weight is 540 g/mol. The number of anilines is 1. The Kier molecular flexibility index (Phi) is 6.36. The van der Waals surface area contributed by atoms with E-state index in [0.717, 1.165) is 11.1 Å². The number of benzene rings is 3. The quantitative estimate of drug-likeness (QED) is 0.251. The fourth-order valence-corrected chi connectivity index (χ4v) is 5.51. The molecule has 39 heavy (non-hydrogen) atoms. The maximum absolute atomic E-state index is 13.9. The van der Waals surface area contributed by atoms with Gasteiger partial charge in [-0.2, -0.15) is 0 Å². The Hall–Kier alpha value is -4.50. The van der Waals surface area contributed by atoms with Gasteiger partial charge in [0.15, 0.2) is 16.9 Å². The SMILES string of the molecule is CCOc1cc(C2c3c(oc4ccc(C)cc4c3=O)C(=O)N2c2nnc(C)s2)ccc1OCc1ccccc1. The lowest BCUT2D eigenvalue weighted by atomic mass is 9.98. The van der Waals surface area contributed by atoms with Crippen LogP contribution in [-0.2, 0) is 6.61 Å². The van der Waals surface area contributed by atoms with Crippen LogP contribution < -0.4 is 19.8 Å². The van der Waals surface area contributed by atoms with Crippen LogP contribution in [0.1, 0.15) is 50.8 Å². The number of aromatic nitrogens is 2. The van der Waals surface area contributed by atoms with Crippen LogP contribution in [0.5, 0.6) is 11.5 Å². The molecule has 5 aromatic rings. The zero-order valence-electron chi connectivity index (χ0n) is 21.6. The number of aryl methyl sites for hydroxylation is 2. The van der Waals surface area contributed by atoms with Crippen molar-refractivity contribution in [2.24, 2.45) is 0 Å². The van der Waals surface area contributed by atoms with E-state index in [1.165, 1.54) is 16.2 Å². The lowest BCUT2D eigenvalue weighted by Crippen LogP contribution is -2.29. The van der Waals surface area contributed by atoms with Crippen LogP contribution in [0.4, 0.5) is 5.13 Å². The molecule has 0 bridgehead atoms. The number of fused-ring (bicyclic) bond motifs is 2. The molecule has 0 saturated carbocycles. The number of ether oxygens (including phenoxy) is 2. The van der Waals surface area contributed by atoms with Crippen LogP contribution in [0.25, 0.3) is 11.0 Å². The van der Waals surface area contributed by atoms with Crippen LogP contribution in [0.3, 0.4) is 0 Å². The van der Waals surface area contributed by atoms with Crippen LogP contribution in [0.15, 0.2) is 75.9 Å². The number of nitrogens with zero attached hydrogens (tertiary/aromatic N) is 3. The zero-order chi connectivity index (χ0) is 27.1. The van der Waals surface area contributed by atoms with Gasteiger partial charge < -0.3 is 13.9 Å². The smallest absolute Gasteiger partial charge is 0.297 e. The molecule has 1 unspecified atom stereocenters. The minimum Gasteiger partial charge on any atom is -0.490 e. The molecule has 0 saturated heterocycles. The van der Waals surface area contributed by atoms with Crippen molar-refractivity contribution in [2.45, 2.75) is 33.4 Å². The minimum atomic E-state index is -0.775. The van der Waals surface area contributed by atoms with Crippen LogP contribution >= 0.6 is 11.3 Å². The van der Waals surface area contributed by atoms with E-state index in [-0.39, 0.29) is 16.8 Å². The number of carbonyl (C=O) groups excluding carboxylic acids is 1. The molecule has 3 aromatic carbocycles. The Morgan fingerprint density at radius 3 is 2.51 bits per heavy atom. The first-order valence-corrected chi connectivity index (χ1v) is 13.4. The molecule has 0 aliphatic carbocycles. The van der Waals surface area contributed by atoms with Gasteiger partial charge in [-0.25, -0.2) is 0 Å². The fourth-order valence-electron chi connectivity index (χ4n) is 4.80. The molecule has 0 spiro atoms. The van der Waals surface area contributed by atoms with Crippen molar-refractivity contribution in [2.75, 3.05) is 11.5 Å². The van der Waals surface area contributed by atoms with E-state index in [1.54, 1.807) is 12.1 Å². The fraction of sp³-hybridized carbons (Fsp3) is 0.200. The predicted octanol–water partition coefficient (Wildman–Crippen LogP) is 5.99. The average Bonchev–Trinajstić information content (AvgIpc) is 3.49. The summed E-state index contributed by atoms with van der Waals surface area (Å²) >= 11 is 1.28. The van der Waals surface area contributed by atoms with E-state index in [4.69, 9.17) is 13.9 Å². The first-order valence-electron chi connectivity index (χ1n) is 12.6. The number of hydrogen-bond donors (Lipinski definition) is 0. The van der Waals surface area contributed by atoms with Gasteiger partial charge in [0.1, 0.15) is 17.2 Å². The summed E-state index contributed by atoms with van der Waals surface area (Å²) in [6.07, 6.45) is 0. The maximum atomic E-state index is 13.9. The van der Waals surface area contributed by atoms with Gasteiger partial charge in [-0.05, 0) is 56.2 Å². The van der Waals surface area contributed by atoms with Crippen LogP contribution in [0, 0.1) is 13.8 Å². The predicted molar refractivity (Wildman–Crippen MR) is 149 cm³/mol. The number of hydrogen-bond acceptors (Lipinski definition) is 8. The Bertz CT molecular complexity index is 1760. The van der Waals surface area contributed by atoms with Gasteiger partial charge in [-0.3, -0.25) is 14.5 Å². The van der Waals surface area contributed by atoms with E-state index >= 15 is 0 Å². The van der Waals surface area contributed by atoms with Crippen LogP contribution in [-0.4, -0.2) is 22.7 Å². The highest BCUT2D eigenvalue weighted by Crippen LogP contribution is 2.44. The van der Waals surface area contributed by atoms with Gasteiger partial charge in [0, 0.05) is 0 Å². The summed E-state index contributed by atoms with van der Waals surface area (Å²) in [5.74, 6) is 0.652. The van der Waals surface area contributed by atoms with Crippen molar-refractivity contribution in [3.63, 3.8) is 0 Å². The van der Waals surface area contributed by atoms with Gasteiger partial charge in [0.2, 0.25) is 10.9 Å². The molecule has 1 aliphatic heterocycles. The first-order chi connectivity index (χ1) is 18.9. The number of rotatable bonds is 7. The minimum absolute atomic E-state index is 0.0107. The van der Waals surface area contributed by atoms with Crippen molar-refractivity contribution < 1.29 is 18.7 Å². The summed E-state index contributed by atoms with van der Waals surface area (Å²) < 4.78 is 18.1. The van der Waals surface area contributed by atoms with Crippen molar-refractivity contribution in [1.29, 1.82) is 0 Å². The largest absolute Gasteiger partial charge is 0.490 e. The summed E-state index contributed by atoms with van der Waals surface area (Å²) in [5.41, 5.74) is 3.00. The molecule has 196 valence electrons. The Labute approximate surface area is 228 Å². The summed E-state index contributed by atoms with van der Waals surface area (Å²) in [5, 5.41) is 9.86. The first kappa shape index (κ1) is 24.8. The Morgan fingerprint density at radius 2 is 1.77 bits per heavy atom. The maximum Gasteiger partial charge on any atom is 0.297 e. The molecule has 6 rings (SSSR count). The highest BCUT2D eigenvalue weighted by atomic mass is 32.1. The molecule has 1 atom stereocenters. The highest BCUT2D eigenvalue weighted by Gasteiger charge is 2.45. The van der Waals surface area contributed by atoms with E-state index in [1.807, 2.05) is 75.4 Å². The van der Waals surface area contributed by atoms with Gasteiger partial charge >= 0.3 is 0 Å². The van der Waals surface area contributed by atoms with E-state index in [9.17, 15) is 9.59 Å². The molecule has 3 heterocycles. The third-order valence-corrected chi connectivity index (χ3v) is 7.41. The second-order valence-corrected chi connectivity index (χ2v) is 10.4. The molecule has 0 N–H and O–H groups in total. The molecule has 0 radical (unpaired) electrons. The van der Waals surface area contributed by atoms with Crippen molar-refractivity contribution in [3.8, 4) is 11.5 Å². The standard InChI is InChI=1S/C30H25N3O5S/c1-4-36-24-15-20(11-13-23(24)37-16-19-8-6-5-7-9-19)26-25-27(34)21-14-17(2)10-12-22(21)38-28(25)29(35)33(26)30-32-31-18(3)39-30/h5-15,26H,4,16H2,1-3H3. The summed E-state index contributed by atoms with van der Waals surface area (Å²) in [7, 11) is 0. The molecule has 0 fully saturated rings. The summed E-state index contributed by atoms with van der Waals surface area (Å²) in [6, 6.07) is 19.9. The van der Waals surface area contributed by atoms with Gasteiger partial charge in [0.05, 0.1) is 23.6 Å². The molecular formula is C30H25N3O5S. The lowest BCUT2D eigenvalue weighted by molar-refractivity contribution is 0.0970. The van der Waals surface area contributed by atoms with Crippen LogP contribution in [0.2, 0.25) is 0 Å². The van der Waals surface area contributed by atoms with Crippen molar-refractivity contribution in [3.05, 3.63) is 110 Å². The molecule has 1 aliphatic rings. The van der Waals surface area contributed by atoms with Crippen molar-refractivity contribution >= 4 is 33.3 Å². The van der Waals surface area contributed by atoms with E-state index < -0.39 is 11.9 Å². The molecule has 9 heteroatoms. The van der Waals surface area contributed by atoms with Crippen molar-refractivity contribution in [1.82, 2.24) is 10.2 Å². The highest BCUT2D eigenvalue weighted by molar-refractivity contribution is 7.15. The topological polar surface area (TPSA) is 94.8 Å². The Balaban J connectivity index is 1.49. The third kappa shape index (κ3) is 4.44. The lowest BCUT2D eigenvalue weighted by Gasteiger charge is -2.23. The molecule has 1 amide bonds. The molecular weight excluding hydrogens is 514 g/mol. The molecule has 8 nitrogen and oxygen atoms in total. The number of carbonyl (C=O) groups is 1. The second kappa shape index (κ2) is 9.99. The van der Waals surface area contributed by atoms with Gasteiger partial charge in [0.25, 0.3) is 5.91 Å².